The monoisotopic (exact) mass is 227 g/mol. The van der Waals surface area contributed by atoms with E-state index in [0.717, 1.165) is 45.8 Å². The SMILES string of the molecule is CC(=O)N1CCOC(CN2CCNCC2)C1. The van der Waals surface area contributed by atoms with Gasteiger partial charge in [0.25, 0.3) is 0 Å². The molecule has 0 aromatic rings. The molecule has 0 aliphatic carbocycles. The van der Waals surface area contributed by atoms with Crippen LogP contribution in [0, 0.1) is 0 Å². The molecule has 2 rings (SSSR count). The summed E-state index contributed by atoms with van der Waals surface area (Å²) in [5.41, 5.74) is 0. The summed E-state index contributed by atoms with van der Waals surface area (Å²) in [5, 5.41) is 3.33. The lowest BCUT2D eigenvalue weighted by molar-refractivity contribution is -0.137. The van der Waals surface area contributed by atoms with Crippen molar-refractivity contribution in [3.63, 3.8) is 0 Å². The zero-order valence-corrected chi connectivity index (χ0v) is 9.95. The molecule has 2 aliphatic rings. The largest absolute Gasteiger partial charge is 0.373 e. The third-order valence-corrected chi connectivity index (χ3v) is 3.26. The summed E-state index contributed by atoms with van der Waals surface area (Å²) in [6.45, 7) is 9.04. The van der Waals surface area contributed by atoms with Crippen LogP contribution in [0.25, 0.3) is 0 Å². The van der Waals surface area contributed by atoms with Crippen molar-refractivity contribution in [3.8, 4) is 0 Å². The van der Waals surface area contributed by atoms with Crippen LogP contribution in [0.1, 0.15) is 6.92 Å². The highest BCUT2D eigenvalue weighted by molar-refractivity contribution is 5.73. The first kappa shape index (κ1) is 11.8. The second-order valence-electron chi connectivity index (χ2n) is 4.51. The summed E-state index contributed by atoms with van der Waals surface area (Å²) in [7, 11) is 0. The number of carbonyl (C=O) groups excluding carboxylic acids is 1. The molecule has 92 valence electrons. The van der Waals surface area contributed by atoms with Gasteiger partial charge in [-0.3, -0.25) is 9.69 Å². The number of rotatable bonds is 2. The average Bonchev–Trinajstić information content (AvgIpc) is 2.30. The maximum atomic E-state index is 11.3. The van der Waals surface area contributed by atoms with E-state index in [0.29, 0.717) is 6.61 Å². The standard InChI is InChI=1S/C11H21N3O2/c1-10(15)14-6-7-16-11(9-14)8-13-4-2-12-3-5-13/h11-12H,2-9H2,1H3. The van der Waals surface area contributed by atoms with E-state index in [1.165, 1.54) is 0 Å². The van der Waals surface area contributed by atoms with Gasteiger partial charge in [0.15, 0.2) is 0 Å². The van der Waals surface area contributed by atoms with Crippen LogP contribution in [0.15, 0.2) is 0 Å². The zero-order chi connectivity index (χ0) is 11.4. The van der Waals surface area contributed by atoms with Crippen molar-refractivity contribution in [1.82, 2.24) is 15.1 Å². The van der Waals surface area contributed by atoms with Gasteiger partial charge in [-0.25, -0.2) is 0 Å². The summed E-state index contributed by atoms with van der Waals surface area (Å²) in [6.07, 6.45) is 0.191. The molecule has 2 fully saturated rings. The normalized spacial score (nSPS) is 28.1. The van der Waals surface area contributed by atoms with Crippen LogP contribution < -0.4 is 5.32 Å². The number of hydrogen-bond donors (Lipinski definition) is 1. The van der Waals surface area contributed by atoms with E-state index in [-0.39, 0.29) is 12.0 Å². The Morgan fingerprint density at radius 3 is 2.81 bits per heavy atom. The highest BCUT2D eigenvalue weighted by Gasteiger charge is 2.24. The fourth-order valence-electron chi connectivity index (χ4n) is 2.30. The highest BCUT2D eigenvalue weighted by atomic mass is 16.5. The van der Waals surface area contributed by atoms with E-state index in [1.54, 1.807) is 6.92 Å². The smallest absolute Gasteiger partial charge is 0.219 e. The molecule has 0 radical (unpaired) electrons. The number of nitrogens with zero attached hydrogens (tertiary/aromatic N) is 2. The Hall–Kier alpha value is -0.650. The first-order valence-electron chi connectivity index (χ1n) is 6.06. The molecule has 5 nitrogen and oxygen atoms in total. The molecule has 0 bridgehead atoms. The number of ether oxygens (including phenoxy) is 1. The van der Waals surface area contributed by atoms with Gasteiger partial charge < -0.3 is 15.0 Å². The molecule has 0 aromatic heterocycles. The molecule has 2 aliphatic heterocycles. The molecule has 1 amide bonds. The van der Waals surface area contributed by atoms with Gasteiger partial charge in [-0.05, 0) is 0 Å². The second-order valence-corrected chi connectivity index (χ2v) is 4.51. The van der Waals surface area contributed by atoms with E-state index >= 15 is 0 Å². The third kappa shape index (κ3) is 3.17. The van der Waals surface area contributed by atoms with Crippen molar-refractivity contribution >= 4 is 5.91 Å². The molecule has 1 atom stereocenters. The average molecular weight is 227 g/mol. The Labute approximate surface area is 96.7 Å². The molecule has 1 unspecified atom stereocenters. The molecule has 1 N–H and O–H groups in total. The molecule has 5 heteroatoms. The van der Waals surface area contributed by atoms with Crippen LogP contribution in [0.3, 0.4) is 0 Å². The minimum absolute atomic E-state index is 0.161. The summed E-state index contributed by atoms with van der Waals surface area (Å²) in [6, 6.07) is 0. The van der Waals surface area contributed by atoms with Crippen molar-refractivity contribution in [3.05, 3.63) is 0 Å². The fourth-order valence-corrected chi connectivity index (χ4v) is 2.30. The number of nitrogens with one attached hydrogen (secondary N) is 1. The Morgan fingerprint density at radius 1 is 1.38 bits per heavy atom. The summed E-state index contributed by atoms with van der Waals surface area (Å²) >= 11 is 0. The number of hydrogen-bond acceptors (Lipinski definition) is 4. The van der Waals surface area contributed by atoms with Gasteiger partial charge in [0.1, 0.15) is 0 Å². The molecule has 0 aromatic carbocycles. The zero-order valence-electron chi connectivity index (χ0n) is 9.95. The van der Waals surface area contributed by atoms with Crippen LogP contribution in [0.4, 0.5) is 0 Å². The molecule has 16 heavy (non-hydrogen) atoms. The number of morpholine rings is 1. The molecule has 0 spiro atoms. The van der Waals surface area contributed by atoms with Crippen LogP contribution in [-0.2, 0) is 9.53 Å². The van der Waals surface area contributed by atoms with Crippen molar-refractivity contribution in [2.24, 2.45) is 0 Å². The topological polar surface area (TPSA) is 44.8 Å². The molecule has 2 heterocycles. The molecule has 0 saturated carbocycles. The number of piperazine rings is 1. The van der Waals surface area contributed by atoms with Crippen LogP contribution in [0.2, 0.25) is 0 Å². The summed E-state index contributed by atoms with van der Waals surface area (Å²) in [4.78, 5) is 15.6. The lowest BCUT2D eigenvalue weighted by Gasteiger charge is -2.36. The van der Waals surface area contributed by atoms with Crippen molar-refractivity contribution < 1.29 is 9.53 Å². The minimum atomic E-state index is 0.161. The van der Waals surface area contributed by atoms with Gasteiger partial charge in [-0.1, -0.05) is 0 Å². The highest BCUT2D eigenvalue weighted by Crippen LogP contribution is 2.07. The maximum Gasteiger partial charge on any atom is 0.219 e. The van der Waals surface area contributed by atoms with Gasteiger partial charge in [-0.15, -0.1) is 0 Å². The van der Waals surface area contributed by atoms with Crippen LogP contribution in [0.5, 0.6) is 0 Å². The van der Waals surface area contributed by atoms with E-state index in [1.807, 2.05) is 4.90 Å². The Bertz CT molecular complexity index is 241. The summed E-state index contributed by atoms with van der Waals surface area (Å²) in [5.74, 6) is 0.161. The van der Waals surface area contributed by atoms with Crippen LogP contribution >= 0.6 is 0 Å². The van der Waals surface area contributed by atoms with Gasteiger partial charge in [0.05, 0.1) is 12.7 Å². The third-order valence-electron chi connectivity index (χ3n) is 3.26. The fraction of sp³-hybridized carbons (Fsp3) is 0.909. The molecule has 2 saturated heterocycles. The van der Waals surface area contributed by atoms with Crippen molar-refractivity contribution in [2.75, 3.05) is 52.4 Å². The Morgan fingerprint density at radius 2 is 2.12 bits per heavy atom. The van der Waals surface area contributed by atoms with E-state index in [4.69, 9.17) is 4.74 Å². The van der Waals surface area contributed by atoms with E-state index < -0.39 is 0 Å². The predicted octanol–water partition coefficient (Wildman–Crippen LogP) is -0.861. The number of amides is 1. The van der Waals surface area contributed by atoms with Gasteiger partial charge >= 0.3 is 0 Å². The maximum absolute atomic E-state index is 11.3. The summed E-state index contributed by atoms with van der Waals surface area (Å²) < 4.78 is 5.71. The Kier molecular flexibility index (Phi) is 4.15. The van der Waals surface area contributed by atoms with Gasteiger partial charge in [0, 0.05) is 52.7 Å². The minimum Gasteiger partial charge on any atom is -0.373 e. The van der Waals surface area contributed by atoms with E-state index in [9.17, 15) is 4.79 Å². The second kappa shape index (κ2) is 5.61. The predicted molar refractivity (Wildman–Crippen MR) is 61.3 cm³/mol. The molecular weight excluding hydrogens is 206 g/mol. The van der Waals surface area contributed by atoms with Gasteiger partial charge in [-0.2, -0.15) is 0 Å². The van der Waals surface area contributed by atoms with Gasteiger partial charge in [0.2, 0.25) is 5.91 Å². The lowest BCUT2D eigenvalue weighted by Crippen LogP contribution is -2.52. The molecular formula is C11H21N3O2. The lowest BCUT2D eigenvalue weighted by atomic mass is 10.2. The first-order valence-corrected chi connectivity index (χ1v) is 6.06. The number of carbonyl (C=O) groups is 1. The quantitative estimate of drug-likeness (QED) is 0.667. The van der Waals surface area contributed by atoms with E-state index in [2.05, 4.69) is 10.2 Å². The van der Waals surface area contributed by atoms with Crippen molar-refractivity contribution in [1.29, 1.82) is 0 Å². The Balaban J connectivity index is 1.78. The first-order chi connectivity index (χ1) is 7.75. The van der Waals surface area contributed by atoms with Crippen LogP contribution in [-0.4, -0.2) is 74.2 Å². The van der Waals surface area contributed by atoms with Crippen molar-refractivity contribution in [2.45, 2.75) is 13.0 Å².